The molecule has 32 heavy (non-hydrogen) atoms. The smallest absolute Gasteiger partial charge is 0.0934 e. The monoisotopic (exact) mass is 424 g/mol. The van der Waals surface area contributed by atoms with Crippen molar-refractivity contribution in [2.24, 2.45) is 5.92 Å². The van der Waals surface area contributed by atoms with Crippen LogP contribution in [0, 0.1) is 5.92 Å². The van der Waals surface area contributed by atoms with E-state index in [1.54, 1.807) is 6.26 Å². The number of furan rings is 1. The molecule has 1 aromatic heterocycles. The van der Waals surface area contributed by atoms with Crippen LogP contribution in [0.15, 0.2) is 108 Å². The molecule has 0 radical (unpaired) electrons. The fourth-order valence-corrected chi connectivity index (χ4v) is 3.82. The topological polar surface area (TPSA) is 13.1 Å². The lowest BCUT2D eigenvalue weighted by atomic mass is 9.92. The molecule has 0 amide bonds. The Morgan fingerprint density at radius 1 is 0.875 bits per heavy atom. The van der Waals surface area contributed by atoms with Gasteiger partial charge in [0.15, 0.2) is 0 Å². The number of aryl methyl sites for hydroxylation is 2. The number of rotatable bonds is 12. The lowest BCUT2D eigenvalue weighted by Crippen LogP contribution is -1.95. The molecule has 1 nitrogen and oxygen atoms in total. The van der Waals surface area contributed by atoms with Crippen LogP contribution in [0.25, 0.3) is 5.57 Å². The molecule has 0 aliphatic rings. The van der Waals surface area contributed by atoms with Gasteiger partial charge >= 0.3 is 0 Å². The first-order valence-corrected chi connectivity index (χ1v) is 11.7. The zero-order valence-electron chi connectivity index (χ0n) is 19.6. The summed E-state index contributed by atoms with van der Waals surface area (Å²) in [6.45, 7) is 13.2. The minimum absolute atomic E-state index is 0.678. The Bertz CT molecular complexity index is 1000. The molecule has 2 aromatic carbocycles. The molecule has 0 saturated carbocycles. The first kappa shape index (κ1) is 23.6. The third-order valence-electron chi connectivity index (χ3n) is 5.89. The van der Waals surface area contributed by atoms with Gasteiger partial charge in [0.05, 0.1) is 12.5 Å². The first-order chi connectivity index (χ1) is 15.5. The zero-order chi connectivity index (χ0) is 22.8. The van der Waals surface area contributed by atoms with Gasteiger partial charge in [0, 0.05) is 0 Å². The fraction of sp³-hybridized carbons (Fsp3) is 0.290. The third kappa shape index (κ3) is 7.57. The van der Waals surface area contributed by atoms with Crippen LogP contribution >= 0.6 is 0 Å². The van der Waals surface area contributed by atoms with Crippen LogP contribution < -0.4 is 0 Å². The van der Waals surface area contributed by atoms with Crippen molar-refractivity contribution in [2.45, 2.75) is 52.4 Å². The molecule has 0 aliphatic carbocycles. The van der Waals surface area contributed by atoms with Crippen LogP contribution in [0.2, 0.25) is 0 Å². The maximum Gasteiger partial charge on any atom is 0.0934 e. The van der Waals surface area contributed by atoms with Gasteiger partial charge in [-0.3, -0.25) is 0 Å². The Balaban J connectivity index is 1.57. The molecular weight excluding hydrogens is 388 g/mol. The lowest BCUT2D eigenvalue weighted by Gasteiger charge is -2.13. The van der Waals surface area contributed by atoms with E-state index in [0.717, 1.165) is 43.3 Å². The van der Waals surface area contributed by atoms with E-state index in [9.17, 15) is 0 Å². The van der Waals surface area contributed by atoms with Crippen molar-refractivity contribution in [3.63, 3.8) is 0 Å². The molecule has 0 atom stereocenters. The summed E-state index contributed by atoms with van der Waals surface area (Å²) in [6, 6.07) is 21.6. The number of allylic oxidation sites excluding steroid dienone is 4. The van der Waals surface area contributed by atoms with Crippen LogP contribution in [0.4, 0.5) is 0 Å². The summed E-state index contributed by atoms with van der Waals surface area (Å²) < 4.78 is 5.14. The molecule has 1 heterocycles. The quantitative estimate of drug-likeness (QED) is 0.265. The molecule has 3 aromatic rings. The van der Waals surface area contributed by atoms with E-state index in [1.807, 2.05) is 12.3 Å². The van der Waals surface area contributed by atoms with Crippen LogP contribution in [-0.2, 0) is 19.3 Å². The van der Waals surface area contributed by atoms with Crippen LogP contribution in [0.5, 0.6) is 0 Å². The number of hydrogen-bond acceptors (Lipinski definition) is 1. The molecule has 166 valence electrons. The maximum atomic E-state index is 5.14. The van der Waals surface area contributed by atoms with E-state index in [-0.39, 0.29) is 0 Å². The number of hydrogen-bond donors (Lipinski definition) is 0. The van der Waals surface area contributed by atoms with Crippen molar-refractivity contribution in [2.75, 3.05) is 0 Å². The van der Waals surface area contributed by atoms with Gasteiger partial charge in [0.2, 0.25) is 0 Å². The highest BCUT2D eigenvalue weighted by atomic mass is 16.3. The van der Waals surface area contributed by atoms with E-state index in [1.165, 1.54) is 34.2 Å². The van der Waals surface area contributed by atoms with Crippen molar-refractivity contribution in [3.8, 4) is 0 Å². The predicted molar refractivity (Wildman–Crippen MR) is 138 cm³/mol. The second-order valence-corrected chi connectivity index (χ2v) is 9.08. The van der Waals surface area contributed by atoms with Gasteiger partial charge in [-0.15, -0.1) is 0 Å². The second kappa shape index (κ2) is 12.1. The van der Waals surface area contributed by atoms with Gasteiger partial charge in [0.1, 0.15) is 0 Å². The summed E-state index contributed by atoms with van der Waals surface area (Å²) >= 11 is 0. The first-order valence-electron chi connectivity index (χ1n) is 11.7. The van der Waals surface area contributed by atoms with Crippen molar-refractivity contribution in [1.82, 2.24) is 0 Å². The Kier molecular flexibility index (Phi) is 8.92. The molecule has 0 spiro atoms. The van der Waals surface area contributed by atoms with Gasteiger partial charge in [-0.25, -0.2) is 0 Å². The molecule has 1 heteroatoms. The maximum absolute atomic E-state index is 5.14. The molecule has 0 N–H and O–H groups in total. The predicted octanol–water partition coefficient (Wildman–Crippen LogP) is 8.63. The van der Waals surface area contributed by atoms with E-state index >= 15 is 0 Å². The van der Waals surface area contributed by atoms with E-state index < -0.39 is 0 Å². The van der Waals surface area contributed by atoms with Gasteiger partial charge in [0.25, 0.3) is 0 Å². The van der Waals surface area contributed by atoms with Gasteiger partial charge < -0.3 is 4.42 Å². The third-order valence-corrected chi connectivity index (χ3v) is 5.89. The largest absolute Gasteiger partial charge is 0.472 e. The average Bonchev–Trinajstić information content (AvgIpc) is 3.31. The summed E-state index contributed by atoms with van der Waals surface area (Å²) in [6.07, 6.45) is 12.1. The SMILES string of the molecule is C=C(/C=C(\CCC(C)C)c1ccccc1)C(=C)Cc1ccc(CCCc2ccoc2)cc1. The normalized spacial score (nSPS) is 11.7. The Morgan fingerprint density at radius 2 is 1.56 bits per heavy atom. The van der Waals surface area contributed by atoms with Gasteiger partial charge in [-0.1, -0.05) is 87.7 Å². The summed E-state index contributed by atoms with van der Waals surface area (Å²) in [4.78, 5) is 0. The Morgan fingerprint density at radius 3 is 2.22 bits per heavy atom. The van der Waals surface area contributed by atoms with Crippen molar-refractivity contribution >= 4 is 5.57 Å². The van der Waals surface area contributed by atoms with Crippen LogP contribution in [-0.4, -0.2) is 0 Å². The Labute approximate surface area is 194 Å². The summed E-state index contributed by atoms with van der Waals surface area (Å²) in [5, 5.41) is 0. The van der Waals surface area contributed by atoms with E-state index in [0.29, 0.717) is 5.92 Å². The Hall–Kier alpha value is -3.06. The van der Waals surface area contributed by atoms with Crippen molar-refractivity contribution < 1.29 is 4.42 Å². The molecule has 0 fully saturated rings. The second-order valence-electron chi connectivity index (χ2n) is 9.08. The lowest BCUT2D eigenvalue weighted by molar-refractivity contribution is 0.563. The molecule has 0 aliphatic heterocycles. The highest BCUT2D eigenvalue weighted by Gasteiger charge is 2.07. The van der Waals surface area contributed by atoms with Gasteiger partial charge in [-0.05, 0) is 89.5 Å². The molecular formula is C31H36O. The summed E-state index contributed by atoms with van der Waals surface area (Å²) in [7, 11) is 0. The molecule has 0 bridgehead atoms. The molecule has 0 saturated heterocycles. The minimum atomic E-state index is 0.678. The van der Waals surface area contributed by atoms with E-state index in [4.69, 9.17) is 4.42 Å². The minimum Gasteiger partial charge on any atom is -0.472 e. The zero-order valence-corrected chi connectivity index (χ0v) is 19.6. The summed E-state index contributed by atoms with van der Waals surface area (Å²) in [5.41, 5.74) is 8.66. The summed E-state index contributed by atoms with van der Waals surface area (Å²) in [5.74, 6) is 0.678. The highest BCUT2D eigenvalue weighted by Crippen LogP contribution is 2.26. The number of benzene rings is 2. The standard InChI is InChI=1S/C31H36O/c1-24(2)13-18-31(30-11-6-5-7-12-30)22-26(4)25(3)21-28-16-14-27(15-17-28)9-8-10-29-19-20-32-23-29/h5-7,11-12,14-17,19-20,22-24H,3-4,8-10,13,18,21H2,1-2H3/b31-22+. The highest BCUT2D eigenvalue weighted by molar-refractivity contribution is 5.69. The van der Waals surface area contributed by atoms with Gasteiger partial charge in [-0.2, -0.15) is 0 Å². The van der Waals surface area contributed by atoms with Crippen LogP contribution in [0.3, 0.4) is 0 Å². The van der Waals surface area contributed by atoms with Crippen molar-refractivity contribution in [1.29, 1.82) is 0 Å². The molecule has 3 rings (SSSR count). The van der Waals surface area contributed by atoms with Crippen LogP contribution in [0.1, 0.15) is 55.4 Å². The van der Waals surface area contributed by atoms with Crippen molar-refractivity contribution in [3.05, 3.63) is 126 Å². The molecule has 0 unspecified atom stereocenters. The fourth-order valence-electron chi connectivity index (χ4n) is 3.82. The average molecular weight is 425 g/mol. The van der Waals surface area contributed by atoms with E-state index in [2.05, 4.69) is 87.7 Å².